The maximum atomic E-state index is 5.42. The van der Waals surface area contributed by atoms with E-state index in [4.69, 9.17) is 9.72 Å². The smallest absolute Gasteiger partial charge is 0.138 e. The lowest BCUT2D eigenvalue weighted by Gasteiger charge is -2.34. The SMILES string of the molecule is COc1ccccc1CNCc1cn2c(N3CCN(C)CC3)cccc2n1.c1cnc2c(c1)CCCC2. The third kappa shape index (κ3) is 6.29. The number of hydrogen-bond acceptors (Lipinski definition) is 6. The van der Waals surface area contributed by atoms with E-state index in [1.165, 1.54) is 42.8 Å². The lowest BCUT2D eigenvalue weighted by atomic mass is 9.96. The Bertz CT molecular complexity index is 1270. The van der Waals surface area contributed by atoms with Gasteiger partial charge >= 0.3 is 0 Å². The number of fused-ring (bicyclic) bond motifs is 2. The van der Waals surface area contributed by atoms with Gasteiger partial charge in [-0.15, -0.1) is 0 Å². The number of piperazine rings is 1. The number of nitrogens with zero attached hydrogens (tertiary/aromatic N) is 5. The van der Waals surface area contributed by atoms with Crippen molar-refractivity contribution in [1.29, 1.82) is 0 Å². The average molecular weight is 499 g/mol. The highest BCUT2D eigenvalue weighted by Gasteiger charge is 2.17. The van der Waals surface area contributed by atoms with Crippen LogP contribution in [0.15, 0.2) is 67.0 Å². The number of nitrogens with one attached hydrogen (secondary N) is 1. The number of hydrogen-bond donors (Lipinski definition) is 1. The van der Waals surface area contributed by atoms with E-state index in [0.29, 0.717) is 0 Å². The predicted octanol–water partition coefficient (Wildman–Crippen LogP) is 4.34. The first-order valence-corrected chi connectivity index (χ1v) is 13.4. The van der Waals surface area contributed by atoms with Gasteiger partial charge in [0.25, 0.3) is 0 Å². The van der Waals surface area contributed by atoms with E-state index in [9.17, 15) is 0 Å². The first kappa shape index (κ1) is 25.2. The Morgan fingerprint density at radius 1 is 0.892 bits per heavy atom. The quantitative estimate of drug-likeness (QED) is 0.427. The van der Waals surface area contributed by atoms with Crippen molar-refractivity contribution in [3.8, 4) is 5.75 Å². The van der Waals surface area contributed by atoms with Gasteiger partial charge in [-0.1, -0.05) is 30.3 Å². The van der Waals surface area contributed by atoms with Crippen LogP contribution in [0.2, 0.25) is 0 Å². The summed E-state index contributed by atoms with van der Waals surface area (Å²) in [5.74, 6) is 2.14. The molecule has 1 aliphatic carbocycles. The lowest BCUT2D eigenvalue weighted by Crippen LogP contribution is -2.45. The summed E-state index contributed by atoms with van der Waals surface area (Å²) in [5, 5.41) is 3.48. The molecule has 1 aliphatic heterocycles. The maximum Gasteiger partial charge on any atom is 0.138 e. The number of aromatic nitrogens is 3. The summed E-state index contributed by atoms with van der Waals surface area (Å²) in [5.41, 5.74) is 6.00. The van der Waals surface area contributed by atoms with Gasteiger partial charge in [-0.05, 0) is 62.6 Å². The maximum absolute atomic E-state index is 5.42. The molecule has 4 aromatic rings. The van der Waals surface area contributed by atoms with Crippen LogP contribution in [0, 0.1) is 0 Å². The molecular weight excluding hydrogens is 460 g/mol. The second-order valence-electron chi connectivity index (χ2n) is 9.87. The molecule has 1 N–H and O–H groups in total. The number of benzene rings is 1. The van der Waals surface area contributed by atoms with Crippen molar-refractivity contribution in [2.24, 2.45) is 0 Å². The fraction of sp³-hybridized carbons (Fsp3) is 0.400. The molecule has 1 fully saturated rings. The number of pyridine rings is 2. The van der Waals surface area contributed by atoms with Crippen LogP contribution >= 0.6 is 0 Å². The Morgan fingerprint density at radius 2 is 1.73 bits per heavy atom. The molecule has 0 unspecified atom stereocenters. The van der Waals surface area contributed by atoms with Crippen molar-refractivity contribution < 1.29 is 4.74 Å². The third-order valence-corrected chi connectivity index (χ3v) is 7.26. The third-order valence-electron chi connectivity index (χ3n) is 7.26. The summed E-state index contributed by atoms with van der Waals surface area (Å²) in [7, 11) is 3.89. The minimum absolute atomic E-state index is 0.724. The van der Waals surface area contributed by atoms with E-state index in [1.807, 2.05) is 30.5 Å². The molecule has 6 rings (SSSR count). The number of methoxy groups -OCH3 is 1. The molecule has 0 amide bonds. The topological polar surface area (TPSA) is 57.9 Å². The van der Waals surface area contributed by atoms with Gasteiger partial charge in [0.2, 0.25) is 0 Å². The summed E-state index contributed by atoms with van der Waals surface area (Å²) in [6, 6.07) is 18.7. The van der Waals surface area contributed by atoms with Gasteiger partial charge in [0.1, 0.15) is 17.2 Å². The van der Waals surface area contributed by atoms with E-state index < -0.39 is 0 Å². The zero-order valence-corrected chi connectivity index (χ0v) is 22.1. The number of ether oxygens (including phenoxy) is 1. The van der Waals surface area contributed by atoms with E-state index >= 15 is 0 Å². The van der Waals surface area contributed by atoms with Crippen LogP contribution in [0.25, 0.3) is 5.65 Å². The molecule has 0 saturated carbocycles. The lowest BCUT2D eigenvalue weighted by molar-refractivity contribution is 0.312. The van der Waals surface area contributed by atoms with Crippen molar-refractivity contribution >= 4 is 11.5 Å². The average Bonchev–Trinajstić information content (AvgIpc) is 3.37. The van der Waals surface area contributed by atoms with Crippen LogP contribution < -0.4 is 15.0 Å². The molecule has 37 heavy (non-hydrogen) atoms. The van der Waals surface area contributed by atoms with Gasteiger partial charge in [-0.2, -0.15) is 0 Å². The van der Waals surface area contributed by atoms with Crippen LogP contribution in [0.3, 0.4) is 0 Å². The minimum Gasteiger partial charge on any atom is -0.496 e. The number of anilines is 1. The highest BCUT2D eigenvalue weighted by Crippen LogP contribution is 2.20. The molecule has 2 aliphatic rings. The second kappa shape index (κ2) is 12.2. The molecule has 1 saturated heterocycles. The molecule has 3 aromatic heterocycles. The Hall–Kier alpha value is -3.42. The van der Waals surface area contributed by atoms with Crippen LogP contribution in [0.4, 0.5) is 5.82 Å². The summed E-state index contributed by atoms with van der Waals surface area (Å²) < 4.78 is 7.63. The number of rotatable bonds is 6. The largest absolute Gasteiger partial charge is 0.496 e. The molecule has 0 atom stereocenters. The van der Waals surface area contributed by atoms with Crippen LogP contribution in [0.1, 0.15) is 35.4 Å². The number of imidazole rings is 1. The highest BCUT2D eigenvalue weighted by atomic mass is 16.5. The van der Waals surface area contributed by atoms with Crippen molar-refractivity contribution in [2.75, 3.05) is 45.2 Å². The molecule has 7 nitrogen and oxygen atoms in total. The van der Waals surface area contributed by atoms with Gasteiger partial charge in [-0.3, -0.25) is 9.38 Å². The summed E-state index contributed by atoms with van der Waals surface area (Å²) >= 11 is 0. The Balaban J connectivity index is 0.000000233. The predicted molar refractivity (Wildman–Crippen MR) is 149 cm³/mol. The van der Waals surface area contributed by atoms with Crippen LogP contribution in [-0.4, -0.2) is 59.6 Å². The van der Waals surface area contributed by atoms with E-state index in [-0.39, 0.29) is 0 Å². The summed E-state index contributed by atoms with van der Waals surface area (Å²) in [6.45, 7) is 5.77. The summed E-state index contributed by atoms with van der Waals surface area (Å²) in [6.07, 6.45) is 9.14. The van der Waals surface area contributed by atoms with E-state index in [2.05, 4.69) is 68.1 Å². The fourth-order valence-corrected chi connectivity index (χ4v) is 5.13. The zero-order chi connectivity index (χ0) is 25.5. The van der Waals surface area contributed by atoms with Gasteiger partial charge in [-0.25, -0.2) is 4.98 Å². The van der Waals surface area contributed by atoms with Crippen molar-refractivity contribution in [3.05, 3.63) is 89.5 Å². The second-order valence-corrected chi connectivity index (χ2v) is 9.87. The molecule has 7 heteroatoms. The summed E-state index contributed by atoms with van der Waals surface area (Å²) in [4.78, 5) is 13.9. The van der Waals surface area contributed by atoms with Crippen molar-refractivity contribution in [3.63, 3.8) is 0 Å². The Labute approximate surface area is 220 Å². The van der Waals surface area contributed by atoms with Gasteiger partial charge in [0.05, 0.1) is 12.8 Å². The normalized spacial score (nSPS) is 15.7. The minimum atomic E-state index is 0.724. The molecule has 0 radical (unpaired) electrons. The highest BCUT2D eigenvalue weighted by molar-refractivity contribution is 5.53. The van der Waals surface area contributed by atoms with Gasteiger partial charge in [0, 0.05) is 62.9 Å². The number of likely N-dealkylation sites (N-methyl/N-ethyl adjacent to an activating group) is 1. The Morgan fingerprint density at radius 3 is 2.57 bits per heavy atom. The van der Waals surface area contributed by atoms with Crippen molar-refractivity contribution in [1.82, 2.24) is 24.6 Å². The number of para-hydroxylation sites is 1. The molecule has 0 bridgehead atoms. The molecule has 4 heterocycles. The number of aryl methyl sites for hydroxylation is 2. The Kier molecular flexibility index (Phi) is 8.33. The first-order chi connectivity index (χ1) is 18.2. The van der Waals surface area contributed by atoms with Gasteiger partial charge < -0.3 is 19.9 Å². The standard InChI is InChI=1S/C21H27N5O.C9H11N/c1-24-10-12-25(13-11-24)21-9-5-8-20-23-18(16-26(20)21)15-22-14-17-6-3-4-7-19(17)27-2;1-2-6-9-8(4-1)5-3-7-10-9/h3-9,16,22H,10-15H2,1-2H3;3,5,7H,1-2,4,6H2. The van der Waals surface area contributed by atoms with Crippen LogP contribution in [0.5, 0.6) is 5.75 Å². The fourth-order valence-electron chi connectivity index (χ4n) is 5.13. The van der Waals surface area contributed by atoms with E-state index in [0.717, 1.165) is 61.9 Å². The molecule has 1 aromatic carbocycles. The van der Waals surface area contributed by atoms with E-state index in [1.54, 1.807) is 7.11 Å². The van der Waals surface area contributed by atoms with Crippen LogP contribution in [-0.2, 0) is 25.9 Å². The molecule has 194 valence electrons. The van der Waals surface area contributed by atoms with Crippen molar-refractivity contribution in [2.45, 2.75) is 38.8 Å². The molecular formula is C30H38N6O. The first-order valence-electron chi connectivity index (χ1n) is 13.4. The zero-order valence-electron chi connectivity index (χ0n) is 22.1. The molecule has 0 spiro atoms. The monoisotopic (exact) mass is 498 g/mol. The van der Waals surface area contributed by atoms with Gasteiger partial charge in [0.15, 0.2) is 0 Å².